The monoisotopic (exact) mass is 208 g/mol. The minimum atomic E-state index is 0.743. The Bertz CT molecular complexity index is 311. The van der Waals surface area contributed by atoms with Crippen LogP contribution < -0.4 is 16.0 Å². The van der Waals surface area contributed by atoms with Crippen LogP contribution in [-0.2, 0) is 0 Å². The largest absolute Gasteiger partial charge is 0.396 e. The lowest BCUT2D eigenvalue weighted by atomic mass is 10.3. The van der Waals surface area contributed by atoms with Crippen molar-refractivity contribution in [3.63, 3.8) is 0 Å². The Morgan fingerprint density at radius 1 is 1.47 bits per heavy atom. The highest BCUT2D eigenvalue weighted by Crippen LogP contribution is 2.19. The van der Waals surface area contributed by atoms with Crippen molar-refractivity contribution in [2.24, 2.45) is 0 Å². The maximum absolute atomic E-state index is 5.87. The van der Waals surface area contributed by atoms with E-state index in [4.69, 9.17) is 5.73 Å². The van der Waals surface area contributed by atoms with Crippen molar-refractivity contribution in [1.29, 1.82) is 0 Å². The van der Waals surface area contributed by atoms with Crippen LogP contribution in [0.4, 0.5) is 11.5 Å². The third-order valence-electron chi connectivity index (χ3n) is 2.33. The SMILES string of the molecule is CNCCCN(C)c1nc(C)ccc1N. The minimum absolute atomic E-state index is 0.743. The Labute approximate surface area is 91.5 Å². The number of hydrogen-bond acceptors (Lipinski definition) is 4. The van der Waals surface area contributed by atoms with Crippen LogP contribution in [0.2, 0.25) is 0 Å². The first-order valence-electron chi connectivity index (χ1n) is 5.24. The van der Waals surface area contributed by atoms with Gasteiger partial charge in [0.1, 0.15) is 0 Å². The second-order valence-electron chi connectivity index (χ2n) is 3.74. The smallest absolute Gasteiger partial charge is 0.151 e. The van der Waals surface area contributed by atoms with Gasteiger partial charge in [0.05, 0.1) is 5.69 Å². The minimum Gasteiger partial charge on any atom is -0.396 e. The van der Waals surface area contributed by atoms with Gasteiger partial charge < -0.3 is 16.0 Å². The van der Waals surface area contributed by atoms with E-state index in [-0.39, 0.29) is 0 Å². The quantitative estimate of drug-likeness (QED) is 0.709. The number of pyridine rings is 1. The second kappa shape index (κ2) is 5.56. The number of hydrogen-bond donors (Lipinski definition) is 2. The average Bonchev–Trinajstić information content (AvgIpc) is 2.22. The van der Waals surface area contributed by atoms with Crippen LogP contribution in [0.3, 0.4) is 0 Å². The molecule has 0 fully saturated rings. The molecule has 3 N–H and O–H groups in total. The summed E-state index contributed by atoms with van der Waals surface area (Å²) in [6, 6.07) is 3.84. The fourth-order valence-electron chi connectivity index (χ4n) is 1.46. The van der Waals surface area contributed by atoms with Crippen molar-refractivity contribution in [3.05, 3.63) is 17.8 Å². The van der Waals surface area contributed by atoms with E-state index >= 15 is 0 Å². The van der Waals surface area contributed by atoms with E-state index in [0.717, 1.165) is 36.7 Å². The molecule has 0 spiro atoms. The summed E-state index contributed by atoms with van der Waals surface area (Å²) < 4.78 is 0. The van der Waals surface area contributed by atoms with E-state index in [1.54, 1.807) is 0 Å². The van der Waals surface area contributed by atoms with Crippen LogP contribution in [0.15, 0.2) is 12.1 Å². The fraction of sp³-hybridized carbons (Fsp3) is 0.545. The zero-order valence-electron chi connectivity index (χ0n) is 9.75. The van der Waals surface area contributed by atoms with Gasteiger partial charge in [-0.05, 0) is 39.1 Å². The Morgan fingerprint density at radius 2 is 2.20 bits per heavy atom. The Kier molecular flexibility index (Phi) is 4.37. The average molecular weight is 208 g/mol. The summed E-state index contributed by atoms with van der Waals surface area (Å²) in [7, 11) is 3.98. The van der Waals surface area contributed by atoms with Crippen LogP contribution in [0, 0.1) is 6.92 Å². The number of nitrogen functional groups attached to an aromatic ring is 1. The van der Waals surface area contributed by atoms with E-state index in [1.165, 1.54) is 0 Å². The molecular formula is C11H20N4. The first kappa shape index (κ1) is 11.8. The van der Waals surface area contributed by atoms with Crippen molar-refractivity contribution in [3.8, 4) is 0 Å². The topological polar surface area (TPSA) is 54.2 Å². The van der Waals surface area contributed by atoms with Gasteiger partial charge in [0, 0.05) is 19.3 Å². The van der Waals surface area contributed by atoms with Crippen LogP contribution >= 0.6 is 0 Å². The predicted octanol–water partition coefficient (Wildman–Crippen LogP) is 1.02. The molecule has 1 heterocycles. The number of aromatic nitrogens is 1. The molecule has 0 aliphatic carbocycles. The highest BCUT2D eigenvalue weighted by Gasteiger charge is 2.06. The number of rotatable bonds is 5. The van der Waals surface area contributed by atoms with Crippen molar-refractivity contribution in [1.82, 2.24) is 10.3 Å². The lowest BCUT2D eigenvalue weighted by Crippen LogP contribution is -2.24. The normalized spacial score (nSPS) is 10.3. The Balaban J connectivity index is 2.64. The highest BCUT2D eigenvalue weighted by atomic mass is 15.2. The molecule has 0 bridgehead atoms. The maximum atomic E-state index is 5.87. The molecule has 0 aliphatic rings. The Morgan fingerprint density at radius 3 is 2.87 bits per heavy atom. The molecule has 4 nitrogen and oxygen atoms in total. The highest BCUT2D eigenvalue weighted by molar-refractivity contribution is 5.62. The third kappa shape index (κ3) is 3.40. The molecule has 4 heteroatoms. The maximum Gasteiger partial charge on any atom is 0.151 e. The molecule has 0 atom stereocenters. The van der Waals surface area contributed by atoms with E-state index in [9.17, 15) is 0 Å². The van der Waals surface area contributed by atoms with E-state index in [1.807, 2.05) is 33.2 Å². The van der Waals surface area contributed by atoms with E-state index < -0.39 is 0 Å². The van der Waals surface area contributed by atoms with Crippen molar-refractivity contribution in [2.75, 3.05) is 37.8 Å². The summed E-state index contributed by atoms with van der Waals surface area (Å²) in [4.78, 5) is 6.53. The summed E-state index contributed by atoms with van der Waals surface area (Å²) >= 11 is 0. The number of nitrogens with two attached hydrogens (primary N) is 1. The molecule has 0 radical (unpaired) electrons. The molecule has 0 amide bonds. The number of anilines is 2. The van der Waals surface area contributed by atoms with Crippen LogP contribution in [0.1, 0.15) is 12.1 Å². The molecular weight excluding hydrogens is 188 g/mol. The van der Waals surface area contributed by atoms with Crippen LogP contribution in [0.25, 0.3) is 0 Å². The molecule has 0 unspecified atom stereocenters. The van der Waals surface area contributed by atoms with Gasteiger partial charge in [-0.2, -0.15) is 0 Å². The lowest BCUT2D eigenvalue weighted by molar-refractivity contribution is 0.709. The standard InChI is InChI=1S/C11H20N4/c1-9-5-6-10(12)11(14-9)15(3)8-4-7-13-2/h5-6,13H,4,7-8,12H2,1-3H3. The molecule has 84 valence electrons. The molecule has 1 aromatic heterocycles. The first-order chi connectivity index (χ1) is 7.15. The lowest BCUT2D eigenvalue weighted by Gasteiger charge is -2.20. The fourth-order valence-corrected chi connectivity index (χ4v) is 1.46. The van der Waals surface area contributed by atoms with Crippen LogP contribution in [-0.4, -0.2) is 32.2 Å². The van der Waals surface area contributed by atoms with Gasteiger partial charge in [-0.1, -0.05) is 0 Å². The van der Waals surface area contributed by atoms with Gasteiger partial charge in [-0.25, -0.2) is 4.98 Å². The Hall–Kier alpha value is -1.29. The summed E-state index contributed by atoms with van der Waals surface area (Å²) in [6.45, 7) is 3.95. The molecule has 15 heavy (non-hydrogen) atoms. The molecule has 0 saturated heterocycles. The van der Waals surface area contributed by atoms with Gasteiger partial charge in [-0.15, -0.1) is 0 Å². The van der Waals surface area contributed by atoms with Gasteiger partial charge in [0.25, 0.3) is 0 Å². The summed E-state index contributed by atoms with van der Waals surface area (Å²) in [5.74, 6) is 0.881. The number of nitrogens with zero attached hydrogens (tertiary/aromatic N) is 2. The summed E-state index contributed by atoms with van der Waals surface area (Å²) in [6.07, 6.45) is 1.09. The first-order valence-corrected chi connectivity index (χ1v) is 5.24. The van der Waals surface area contributed by atoms with Gasteiger partial charge in [-0.3, -0.25) is 0 Å². The van der Waals surface area contributed by atoms with Crippen molar-refractivity contribution >= 4 is 11.5 Å². The summed E-state index contributed by atoms with van der Waals surface area (Å²) in [5, 5.41) is 3.12. The zero-order valence-corrected chi connectivity index (χ0v) is 9.75. The van der Waals surface area contributed by atoms with E-state index in [2.05, 4.69) is 15.2 Å². The van der Waals surface area contributed by atoms with Gasteiger partial charge >= 0.3 is 0 Å². The third-order valence-corrected chi connectivity index (χ3v) is 2.33. The number of nitrogens with one attached hydrogen (secondary N) is 1. The van der Waals surface area contributed by atoms with Gasteiger partial charge in [0.2, 0.25) is 0 Å². The van der Waals surface area contributed by atoms with Crippen molar-refractivity contribution < 1.29 is 0 Å². The molecule has 1 rings (SSSR count). The zero-order chi connectivity index (χ0) is 11.3. The molecule has 0 saturated carbocycles. The van der Waals surface area contributed by atoms with E-state index in [0.29, 0.717) is 0 Å². The molecule has 0 aliphatic heterocycles. The molecule has 0 aromatic carbocycles. The number of aryl methyl sites for hydroxylation is 1. The predicted molar refractivity (Wildman–Crippen MR) is 65.2 cm³/mol. The molecule has 1 aromatic rings. The van der Waals surface area contributed by atoms with Crippen molar-refractivity contribution in [2.45, 2.75) is 13.3 Å². The van der Waals surface area contributed by atoms with Crippen LogP contribution in [0.5, 0.6) is 0 Å². The second-order valence-corrected chi connectivity index (χ2v) is 3.74. The summed E-state index contributed by atoms with van der Waals surface area (Å²) in [5.41, 5.74) is 7.62. The van der Waals surface area contributed by atoms with Gasteiger partial charge in [0.15, 0.2) is 5.82 Å².